The van der Waals surface area contributed by atoms with E-state index in [2.05, 4.69) is 15.3 Å². The molecule has 1 unspecified atom stereocenters. The third-order valence-corrected chi connectivity index (χ3v) is 4.51. The van der Waals surface area contributed by atoms with Gasteiger partial charge in [-0.2, -0.15) is 5.43 Å². The minimum absolute atomic E-state index is 0.113. The van der Waals surface area contributed by atoms with E-state index in [4.69, 9.17) is 20.9 Å². The summed E-state index contributed by atoms with van der Waals surface area (Å²) in [5.41, 5.74) is 2.97. The second-order valence-corrected chi connectivity index (χ2v) is 9.16. The first kappa shape index (κ1) is 22.5. The highest BCUT2D eigenvalue weighted by Gasteiger charge is 2.26. The largest absolute Gasteiger partial charge is 0.574 e. The fourth-order valence-electron chi connectivity index (χ4n) is 2.23. The fourth-order valence-corrected chi connectivity index (χ4v) is 2.96. The Balaban J connectivity index is 2.10. The minimum atomic E-state index is -2.48. The van der Waals surface area contributed by atoms with Gasteiger partial charge < -0.3 is 9.63 Å². The van der Waals surface area contributed by atoms with Crippen molar-refractivity contribution >= 4 is 36.6 Å². The molecule has 0 spiro atoms. The van der Waals surface area contributed by atoms with Crippen LogP contribution < -0.4 is 14.8 Å². The van der Waals surface area contributed by atoms with Gasteiger partial charge in [0.05, 0.1) is 6.61 Å². The van der Waals surface area contributed by atoms with Crippen LogP contribution in [-0.2, 0) is 9.53 Å². The molecule has 0 aliphatic rings. The number of halogens is 1. The fraction of sp³-hybridized carbons (Fsp3) is 0.474. The summed E-state index contributed by atoms with van der Waals surface area (Å²) in [5.74, 6) is -0.267. The zero-order valence-corrected chi connectivity index (χ0v) is 18.3. The number of rotatable bonds is 7. The normalized spacial score (nSPS) is 13.6. The van der Waals surface area contributed by atoms with Crippen molar-refractivity contribution < 1.29 is 18.9 Å². The van der Waals surface area contributed by atoms with E-state index < -0.39 is 20.2 Å². The van der Waals surface area contributed by atoms with Crippen LogP contribution in [0.15, 0.2) is 35.2 Å². The average Bonchev–Trinajstić information content (AvgIpc) is 2.59. The van der Waals surface area contributed by atoms with Crippen molar-refractivity contribution in [3.05, 3.63) is 35.5 Å². The number of pyridine rings is 1. The van der Waals surface area contributed by atoms with Gasteiger partial charge in [0.25, 0.3) is 0 Å². The molecule has 1 aromatic carbocycles. The van der Waals surface area contributed by atoms with Crippen LogP contribution in [0.25, 0.3) is 10.9 Å². The number of nitrogens with one attached hydrogen (secondary N) is 1. The molecule has 0 radical (unpaired) electrons. The van der Waals surface area contributed by atoms with Gasteiger partial charge in [-0.25, -0.2) is 4.98 Å². The molecule has 0 saturated heterocycles. The van der Waals surface area contributed by atoms with Crippen molar-refractivity contribution in [2.75, 3.05) is 6.61 Å². The minimum Gasteiger partial charge on any atom is -0.574 e. The van der Waals surface area contributed by atoms with Gasteiger partial charge in [-0.05, 0) is 29.5 Å². The maximum Gasteiger partial charge on any atom is 0.412 e. The molecular weight excluding hydrogens is 401 g/mol. The number of fused-ring (bicyclic) bond motifs is 1. The first-order chi connectivity index (χ1) is 13.1. The number of hydrogen-bond acceptors (Lipinski definition) is 6. The summed E-state index contributed by atoms with van der Waals surface area (Å²) >= 11 is 5.93. The van der Waals surface area contributed by atoms with Crippen molar-refractivity contribution in [2.45, 2.75) is 40.7 Å². The molecule has 0 aliphatic heterocycles. The van der Waals surface area contributed by atoms with E-state index in [0.29, 0.717) is 16.4 Å². The van der Waals surface area contributed by atoms with E-state index in [1.54, 1.807) is 24.3 Å². The van der Waals surface area contributed by atoms with Crippen LogP contribution in [0.3, 0.4) is 0 Å². The molecule has 0 aliphatic carbocycles. The summed E-state index contributed by atoms with van der Waals surface area (Å²) in [6.07, 6.45) is 0. The molecule has 152 valence electrons. The van der Waals surface area contributed by atoms with Crippen molar-refractivity contribution in [3.63, 3.8) is 0 Å². The van der Waals surface area contributed by atoms with Crippen LogP contribution in [0.1, 0.15) is 34.6 Å². The number of ether oxygens (including phenoxy) is 1. The molecule has 2 aromatic rings. The van der Waals surface area contributed by atoms with Gasteiger partial charge in [0, 0.05) is 10.2 Å². The van der Waals surface area contributed by atoms with Crippen molar-refractivity contribution in [2.24, 2.45) is 16.2 Å². The maximum atomic E-state index is 12.3. The second kappa shape index (κ2) is 9.61. The highest BCUT2D eigenvalue weighted by Crippen LogP contribution is 2.30. The second-order valence-electron chi connectivity index (χ2n) is 7.91. The number of carbonyl (C=O) groups is 1. The molecule has 1 aromatic heterocycles. The summed E-state index contributed by atoms with van der Waals surface area (Å²) in [5, 5.41) is 1.10. The molecule has 0 bridgehead atoms. The standard InChI is InChI=1S/C19H25ClN3O4P/c1-12(2)16(18(24)26-11-19(3,4)5)22-23-28(25)27-14-8-6-7-13-9-10-15(20)21-17(13)14/h6-10,12,16,22H,11H2,1-5H3/t16-/m1/s1. The van der Waals surface area contributed by atoms with Gasteiger partial charge in [-0.15, -0.1) is 0 Å². The summed E-state index contributed by atoms with van der Waals surface area (Å²) in [6.45, 7) is 9.88. The van der Waals surface area contributed by atoms with E-state index in [-0.39, 0.29) is 17.9 Å². The number of nitrogens with zero attached hydrogens (tertiary/aromatic N) is 2. The molecule has 1 N–H and O–H groups in total. The average molecular weight is 426 g/mol. The number of para-hydroxylation sites is 1. The van der Waals surface area contributed by atoms with Crippen LogP contribution in [-0.4, -0.2) is 23.6 Å². The van der Waals surface area contributed by atoms with E-state index >= 15 is 0 Å². The Morgan fingerprint density at radius 2 is 2.04 bits per heavy atom. The first-order valence-electron chi connectivity index (χ1n) is 8.90. The van der Waals surface area contributed by atoms with Crippen molar-refractivity contribution in [3.8, 4) is 5.75 Å². The van der Waals surface area contributed by atoms with Gasteiger partial charge in [0.1, 0.15) is 16.7 Å². The SMILES string of the molecule is CC(C)[C@@H](N/N=[P+](\[O-])Oc1cccc2ccc(Cl)nc12)C(=O)OCC(C)(C)C. The Labute approximate surface area is 171 Å². The number of carbonyl (C=O) groups excluding carboxylic acids is 1. The van der Waals surface area contributed by atoms with Gasteiger partial charge >= 0.3 is 14.1 Å². The highest BCUT2D eigenvalue weighted by molar-refractivity contribution is 7.33. The molecule has 9 heteroatoms. The first-order valence-corrected chi connectivity index (χ1v) is 10.4. The zero-order valence-electron chi connectivity index (χ0n) is 16.6. The molecule has 2 atom stereocenters. The van der Waals surface area contributed by atoms with E-state index in [1.807, 2.05) is 40.7 Å². The summed E-state index contributed by atoms with van der Waals surface area (Å²) < 4.78 is 10.7. The molecule has 0 saturated carbocycles. The molecule has 7 nitrogen and oxygen atoms in total. The molecule has 0 fully saturated rings. The topological polar surface area (TPSA) is 95.9 Å². The van der Waals surface area contributed by atoms with Gasteiger partial charge in [-0.1, -0.05) is 58.4 Å². The molecule has 2 rings (SSSR count). The molecule has 0 amide bonds. The number of esters is 1. The summed E-state index contributed by atoms with van der Waals surface area (Å²) in [4.78, 5) is 32.6. The van der Waals surface area contributed by atoms with Crippen LogP contribution in [0.2, 0.25) is 5.15 Å². The van der Waals surface area contributed by atoms with E-state index in [9.17, 15) is 9.69 Å². The number of hydrogen-bond donors (Lipinski definition) is 1. The van der Waals surface area contributed by atoms with Crippen LogP contribution in [0.4, 0.5) is 0 Å². The van der Waals surface area contributed by atoms with Crippen molar-refractivity contribution in [1.82, 2.24) is 10.4 Å². The van der Waals surface area contributed by atoms with Crippen LogP contribution in [0, 0.1) is 11.3 Å². The van der Waals surface area contributed by atoms with Gasteiger partial charge in [-0.3, -0.25) is 9.32 Å². The Morgan fingerprint density at radius 1 is 1.32 bits per heavy atom. The lowest BCUT2D eigenvalue weighted by molar-refractivity contribution is -0.169. The predicted molar refractivity (Wildman–Crippen MR) is 109 cm³/mol. The highest BCUT2D eigenvalue weighted by atomic mass is 35.5. The smallest absolute Gasteiger partial charge is 0.412 e. The van der Waals surface area contributed by atoms with Crippen LogP contribution >= 0.6 is 19.8 Å². The van der Waals surface area contributed by atoms with Gasteiger partial charge in [0.2, 0.25) is 5.75 Å². The third-order valence-electron chi connectivity index (χ3n) is 3.67. The van der Waals surface area contributed by atoms with E-state index in [1.165, 1.54) is 0 Å². The number of benzene rings is 1. The zero-order chi connectivity index (χ0) is 20.9. The van der Waals surface area contributed by atoms with Crippen molar-refractivity contribution in [1.29, 1.82) is 0 Å². The third kappa shape index (κ3) is 6.67. The number of aromatic nitrogens is 1. The molecule has 28 heavy (non-hydrogen) atoms. The van der Waals surface area contributed by atoms with E-state index in [0.717, 1.165) is 5.39 Å². The molecule has 1 heterocycles. The van der Waals surface area contributed by atoms with Crippen LogP contribution in [0.5, 0.6) is 5.75 Å². The lowest BCUT2D eigenvalue weighted by Gasteiger charge is -2.22. The Morgan fingerprint density at radius 3 is 2.68 bits per heavy atom. The predicted octanol–water partition coefficient (Wildman–Crippen LogP) is 4.24. The lowest BCUT2D eigenvalue weighted by Crippen LogP contribution is -2.40. The Hall–Kier alpha value is -1.79. The Kier molecular flexibility index (Phi) is 7.72. The lowest BCUT2D eigenvalue weighted by atomic mass is 9.98. The summed E-state index contributed by atoms with van der Waals surface area (Å²) in [7, 11) is -2.48. The monoisotopic (exact) mass is 425 g/mol. The van der Waals surface area contributed by atoms with Gasteiger partial charge in [0.15, 0.2) is 0 Å². The maximum absolute atomic E-state index is 12.3. The quantitative estimate of drug-likeness (QED) is 0.308. The summed E-state index contributed by atoms with van der Waals surface area (Å²) in [6, 6.07) is 7.95. The Bertz CT molecular complexity index is 868. The molecular formula is C19H25ClN3O4P.